The van der Waals surface area contributed by atoms with Crippen molar-refractivity contribution < 1.29 is 4.74 Å². The zero-order chi connectivity index (χ0) is 13.8. The number of hydrogen-bond donors (Lipinski definition) is 1. The summed E-state index contributed by atoms with van der Waals surface area (Å²) in [6.07, 6.45) is 12.4. The molecule has 2 unspecified atom stereocenters. The summed E-state index contributed by atoms with van der Waals surface area (Å²) in [6.45, 7) is 9.17. The fraction of sp³-hybridized carbons (Fsp3) is 1.00. The summed E-state index contributed by atoms with van der Waals surface area (Å²) in [7, 11) is 0. The lowest BCUT2D eigenvalue weighted by Crippen LogP contribution is -2.35. The molecule has 0 amide bonds. The SMILES string of the molecule is CCCC(C)(CNCC)CC1CCC2(CCCC2)O1. The van der Waals surface area contributed by atoms with Crippen LogP contribution in [0.1, 0.15) is 78.6 Å². The van der Waals surface area contributed by atoms with Gasteiger partial charge < -0.3 is 10.1 Å². The Morgan fingerprint density at radius 3 is 2.58 bits per heavy atom. The number of rotatable bonds is 7. The predicted octanol–water partition coefficient (Wildman–Crippen LogP) is 4.28. The highest BCUT2D eigenvalue weighted by Gasteiger charge is 2.43. The second-order valence-electron chi connectivity index (χ2n) is 7.21. The summed E-state index contributed by atoms with van der Waals surface area (Å²) in [4.78, 5) is 0. The van der Waals surface area contributed by atoms with Crippen LogP contribution in [-0.2, 0) is 4.74 Å². The maximum atomic E-state index is 6.50. The van der Waals surface area contributed by atoms with Crippen molar-refractivity contribution in [2.24, 2.45) is 5.41 Å². The van der Waals surface area contributed by atoms with Crippen molar-refractivity contribution in [2.45, 2.75) is 90.3 Å². The molecule has 1 saturated carbocycles. The average Bonchev–Trinajstić information content (AvgIpc) is 2.98. The molecule has 112 valence electrons. The van der Waals surface area contributed by atoms with E-state index in [0.29, 0.717) is 17.1 Å². The largest absolute Gasteiger partial charge is 0.372 e. The molecule has 0 aromatic carbocycles. The Balaban J connectivity index is 1.87. The minimum Gasteiger partial charge on any atom is -0.372 e. The Hall–Kier alpha value is -0.0800. The topological polar surface area (TPSA) is 21.3 Å². The zero-order valence-corrected chi connectivity index (χ0v) is 13.3. The fourth-order valence-electron chi connectivity index (χ4n) is 4.27. The van der Waals surface area contributed by atoms with E-state index in [-0.39, 0.29) is 0 Å². The van der Waals surface area contributed by atoms with Crippen LogP contribution in [0.15, 0.2) is 0 Å². The highest BCUT2D eigenvalue weighted by Crippen LogP contribution is 2.46. The summed E-state index contributed by atoms with van der Waals surface area (Å²) in [5.41, 5.74) is 0.718. The summed E-state index contributed by atoms with van der Waals surface area (Å²) >= 11 is 0. The lowest BCUT2D eigenvalue weighted by molar-refractivity contribution is -0.0526. The Morgan fingerprint density at radius 1 is 1.21 bits per heavy atom. The summed E-state index contributed by atoms with van der Waals surface area (Å²) < 4.78 is 6.50. The lowest BCUT2D eigenvalue weighted by atomic mass is 9.79. The number of hydrogen-bond acceptors (Lipinski definition) is 2. The maximum Gasteiger partial charge on any atom is 0.0687 e. The van der Waals surface area contributed by atoms with Crippen LogP contribution in [0.25, 0.3) is 0 Å². The van der Waals surface area contributed by atoms with E-state index in [4.69, 9.17) is 4.74 Å². The van der Waals surface area contributed by atoms with Crippen molar-refractivity contribution >= 4 is 0 Å². The van der Waals surface area contributed by atoms with Crippen LogP contribution in [0.4, 0.5) is 0 Å². The third kappa shape index (κ3) is 3.95. The molecule has 0 bridgehead atoms. The summed E-state index contributed by atoms with van der Waals surface area (Å²) in [5, 5.41) is 3.55. The van der Waals surface area contributed by atoms with Gasteiger partial charge in [0.1, 0.15) is 0 Å². The van der Waals surface area contributed by atoms with Crippen molar-refractivity contribution in [1.82, 2.24) is 5.32 Å². The van der Waals surface area contributed by atoms with Gasteiger partial charge in [0.2, 0.25) is 0 Å². The number of nitrogens with one attached hydrogen (secondary N) is 1. The molecule has 2 aliphatic rings. The van der Waals surface area contributed by atoms with E-state index in [1.165, 1.54) is 57.8 Å². The van der Waals surface area contributed by atoms with E-state index < -0.39 is 0 Å². The third-order valence-corrected chi connectivity index (χ3v) is 5.23. The smallest absolute Gasteiger partial charge is 0.0687 e. The molecular weight excluding hydrogens is 234 g/mol. The second-order valence-corrected chi connectivity index (χ2v) is 7.21. The van der Waals surface area contributed by atoms with Crippen molar-refractivity contribution in [3.8, 4) is 0 Å². The van der Waals surface area contributed by atoms with E-state index in [0.717, 1.165) is 13.1 Å². The lowest BCUT2D eigenvalue weighted by Gasteiger charge is -2.33. The van der Waals surface area contributed by atoms with Crippen LogP contribution in [0.2, 0.25) is 0 Å². The van der Waals surface area contributed by atoms with Crippen molar-refractivity contribution in [3.63, 3.8) is 0 Å². The molecule has 2 fully saturated rings. The third-order valence-electron chi connectivity index (χ3n) is 5.23. The minimum absolute atomic E-state index is 0.302. The van der Waals surface area contributed by atoms with Crippen LogP contribution in [0.3, 0.4) is 0 Å². The molecule has 2 atom stereocenters. The van der Waals surface area contributed by atoms with Gasteiger partial charge in [0.25, 0.3) is 0 Å². The highest BCUT2D eigenvalue weighted by molar-refractivity contribution is 4.94. The van der Waals surface area contributed by atoms with Crippen LogP contribution < -0.4 is 5.32 Å². The van der Waals surface area contributed by atoms with E-state index in [2.05, 4.69) is 26.1 Å². The second kappa shape index (κ2) is 6.58. The van der Waals surface area contributed by atoms with Crippen molar-refractivity contribution in [2.75, 3.05) is 13.1 Å². The zero-order valence-electron chi connectivity index (χ0n) is 13.3. The quantitative estimate of drug-likeness (QED) is 0.743. The molecule has 0 aromatic rings. The van der Waals surface area contributed by atoms with Gasteiger partial charge in [0.15, 0.2) is 0 Å². The molecule has 2 heteroatoms. The fourth-order valence-corrected chi connectivity index (χ4v) is 4.27. The predicted molar refractivity (Wildman–Crippen MR) is 81.5 cm³/mol. The molecule has 2 rings (SSSR count). The molecule has 0 radical (unpaired) electrons. The monoisotopic (exact) mass is 267 g/mol. The van der Waals surface area contributed by atoms with Gasteiger partial charge in [0, 0.05) is 6.54 Å². The van der Waals surface area contributed by atoms with Crippen LogP contribution in [0.5, 0.6) is 0 Å². The van der Waals surface area contributed by atoms with E-state index in [9.17, 15) is 0 Å². The highest BCUT2D eigenvalue weighted by atomic mass is 16.5. The van der Waals surface area contributed by atoms with Gasteiger partial charge in [0.05, 0.1) is 11.7 Å². The number of ether oxygens (including phenoxy) is 1. The Bertz CT molecular complexity index is 272. The molecule has 1 aliphatic carbocycles. The summed E-state index contributed by atoms with van der Waals surface area (Å²) in [6, 6.07) is 0. The first-order valence-corrected chi connectivity index (χ1v) is 8.50. The molecular formula is C17H33NO. The minimum atomic E-state index is 0.302. The normalized spacial score (nSPS) is 28.9. The van der Waals surface area contributed by atoms with Crippen LogP contribution >= 0.6 is 0 Å². The Kier molecular flexibility index (Phi) is 5.30. The van der Waals surface area contributed by atoms with Crippen molar-refractivity contribution in [3.05, 3.63) is 0 Å². The first kappa shape index (κ1) is 15.3. The molecule has 2 nitrogen and oxygen atoms in total. The van der Waals surface area contributed by atoms with Gasteiger partial charge in [-0.3, -0.25) is 0 Å². The van der Waals surface area contributed by atoms with E-state index >= 15 is 0 Å². The van der Waals surface area contributed by atoms with Crippen molar-refractivity contribution in [1.29, 1.82) is 0 Å². The molecule has 1 spiro atoms. The van der Waals surface area contributed by atoms with Gasteiger partial charge in [-0.15, -0.1) is 0 Å². The molecule has 1 N–H and O–H groups in total. The van der Waals surface area contributed by atoms with Gasteiger partial charge in [-0.1, -0.05) is 40.0 Å². The van der Waals surface area contributed by atoms with Gasteiger partial charge in [-0.2, -0.15) is 0 Å². The summed E-state index contributed by atoms with van der Waals surface area (Å²) in [5.74, 6) is 0. The van der Waals surface area contributed by atoms with Crippen LogP contribution in [0, 0.1) is 5.41 Å². The standard InChI is InChI=1S/C17H33NO/c1-4-9-16(3,14-18-5-2)13-15-8-12-17(19-15)10-6-7-11-17/h15,18H,4-14H2,1-3H3. The van der Waals surface area contributed by atoms with E-state index in [1.54, 1.807) is 0 Å². The first-order chi connectivity index (χ1) is 9.11. The molecule has 0 aromatic heterocycles. The van der Waals surface area contributed by atoms with Gasteiger partial charge in [-0.05, 0) is 50.5 Å². The molecule has 1 heterocycles. The Labute approximate surface area is 119 Å². The van der Waals surface area contributed by atoms with Crippen LogP contribution in [-0.4, -0.2) is 24.8 Å². The van der Waals surface area contributed by atoms with Gasteiger partial charge in [-0.25, -0.2) is 0 Å². The maximum absolute atomic E-state index is 6.50. The molecule has 1 aliphatic heterocycles. The first-order valence-electron chi connectivity index (χ1n) is 8.50. The van der Waals surface area contributed by atoms with Gasteiger partial charge >= 0.3 is 0 Å². The Morgan fingerprint density at radius 2 is 1.95 bits per heavy atom. The molecule has 19 heavy (non-hydrogen) atoms. The average molecular weight is 267 g/mol. The molecule has 1 saturated heterocycles. The van der Waals surface area contributed by atoms with E-state index in [1.807, 2.05) is 0 Å².